The highest BCUT2D eigenvalue weighted by atomic mass is 15.0. The van der Waals surface area contributed by atoms with E-state index in [0.29, 0.717) is 0 Å². The van der Waals surface area contributed by atoms with Crippen LogP contribution in [-0.2, 0) is 0 Å². The molecule has 0 radical (unpaired) electrons. The van der Waals surface area contributed by atoms with Crippen LogP contribution in [0.5, 0.6) is 0 Å². The highest BCUT2D eigenvalue weighted by molar-refractivity contribution is 6.13. The van der Waals surface area contributed by atoms with E-state index in [1.807, 2.05) is 0 Å². The van der Waals surface area contributed by atoms with Crippen LogP contribution in [0.25, 0.3) is 88.0 Å². The Kier molecular flexibility index (Phi) is 5.91. The molecule has 10 aromatic rings. The molecule has 2 aromatic heterocycles. The van der Waals surface area contributed by atoms with E-state index in [1.165, 1.54) is 88.0 Å². The second-order valence-corrected chi connectivity index (χ2v) is 12.6. The molecule has 10 rings (SSSR count). The average Bonchev–Trinajstić information content (AvgIpc) is 3.67. The minimum Gasteiger partial charge on any atom is -0.309 e. The van der Waals surface area contributed by atoms with Crippen LogP contribution in [0.3, 0.4) is 0 Å². The van der Waals surface area contributed by atoms with Gasteiger partial charge in [-0.2, -0.15) is 0 Å². The highest BCUT2D eigenvalue weighted by Crippen LogP contribution is 2.39. The highest BCUT2D eigenvalue weighted by Gasteiger charge is 2.17. The molecule has 0 bridgehead atoms. The number of nitrogens with zero attached hydrogens (tertiary/aromatic N) is 2. The Morgan fingerprint density at radius 1 is 0.250 bits per heavy atom. The normalized spacial score (nSPS) is 11.8. The molecule has 0 fully saturated rings. The van der Waals surface area contributed by atoms with Crippen LogP contribution in [0, 0.1) is 0 Å². The van der Waals surface area contributed by atoms with Crippen molar-refractivity contribution in [2.75, 3.05) is 0 Å². The SMILES string of the molecule is c1ccc(-n2c3ccccc3c3cc(-c4ccc5c(c4)c4cc(-c6ccc7ccccc7c6)ccc4n5-c4ccccc4)ccc32)cc1. The summed E-state index contributed by atoms with van der Waals surface area (Å²) in [4.78, 5) is 0. The van der Waals surface area contributed by atoms with Crippen LogP contribution in [0.1, 0.15) is 0 Å². The van der Waals surface area contributed by atoms with Crippen LogP contribution in [0.4, 0.5) is 0 Å². The van der Waals surface area contributed by atoms with Crippen LogP contribution in [-0.4, -0.2) is 9.13 Å². The van der Waals surface area contributed by atoms with E-state index in [0.717, 1.165) is 0 Å². The Morgan fingerprint density at radius 2 is 0.646 bits per heavy atom. The lowest BCUT2D eigenvalue weighted by Crippen LogP contribution is -1.93. The van der Waals surface area contributed by atoms with Gasteiger partial charge in [0.2, 0.25) is 0 Å². The Labute approximate surface area is 278 Å². The van der Waals surface area contributed by atoms with Gasteiger partial charge in [0.15, 0.2) is 0 Å². The predicted molar refractivity (Wildman–Crippen MR) is 203 cm³/mol. The van der Waals surface area contributed by atoms with Crippen LogP contribution in [0.2, 0.25) is 0 Å². The average molecular weight is 611 g/mol. The molecule has 2 heteroatoms. The quantitative estimate of drug-likeness (QED) is 0.188. The van der Waals surface area contributed by atoms with Gasteiger partial charge in [0.1, 0.15) is 0 Å². The van der Waals surface area contributed by atoms with Gasteiger partial charge in [-0.05, 0) is 106 Å². The molecule has 0 saturated heterocycles. The minimum atomic E-state index is 1.17. The molecule has 0 spiro atoms. The van der Waals surface area contributed by atoms with Crippen molar-refractivity contribution in [3.8, 4) is 33.6 Å². The molecule has 2 nitrogen and oxygen atoms in total. The first kappa shape index (κ1) is 26.8. The summed E-state index contributed by atoms with van der Waals surface area (Å²) in [6.07, 6.45) is 0. The first-order valence-electron chi connectivity index (χ1n) is 16.5. The Balaban J connectivity index is 1.19. The summed E-state index contributed by atoms with van der Waals surface area (Å²) in [5.74, 6) is 0. The monoisotopic (exact) mass is 610 g/mol. The molecule has 8 aromatic carbocycles. The third-order valence-corrected chi connectivity index (χ3v) is 9.88. The van der Waals surface area contributed by atoms with Crippen LogP contribution in [0.15, 0.2) is 182 Å². The summed E-state index contributed by atoms with van der Waals surface area (Å²) in [6, 6.07) is 66.3. The molecule has 0 saturated carbocycles. The molecule has 0 atom stereocenters. The lowest BCUT2D eigenvalue weighted by molar-refractivity contribution is 1.18. The van der Waals surface area contributed by atoms with Gasteiger partial charge in [0.25, 0.3) is 0 Å². The van der Waals surface area contributed by atoms with Crippen molar-refractivity contribution in [2.24, 2.45) is 0 Å². The van der Waals surface area contributed by atoms with E-state index in [-0.39, 0.29) is 0 Å². The van der Waals surface area contributed by atoms with Crippen molar-refractivity contribution in [1.29, 1.82) is 0 Å². The zero-order valence-electron chi connectivity index (χ0n) is 26.2. The molecule has 2 heterocycles. The smallest absolute Gasteiger partial charge is 0.0541 e. The zero-order chi connectivity index (χ0) is 31.6. The van der Waals surface area contributed by atoms with Crippen LogP contribution < -0.4 is 0 Å². The molecule has 48 heavy (non-hydrogen) atoms. The lowest BCUT2D eigenvalue weighted by atomic mass is 9.98. The molecule has 0 aliphatic heterocycles. The standard InChI is InChI=1S/C46H30N2/c1-3-13-37(14-4-1)47-43-18-10-9-17-39(43)40-28-35(22-24-44(40)47)36-23-26-46-42(30-36)41-29-34(33-20-19-31-11-7-8-12-32(31)27-33)21-25-45(41)48(46)38-15-5-2-6-16-38/h1-30H. The summed E-state index contributed by atoms with van der Waals surface area (Å²) in [6.45, 7) is 0. The number of hydrogen-bond acceptors (Lipinski definition) is 0. The summed E-state index contributed by atoms with van der Waals surface area (Å²) in [5.41, 5.74) is 12.1. The van der Waals surface area contributed by atoms with Crippen molar-refractivity contribution >= 4 is 54.4 Å². The summed E-state index contributed by atoms with van der Waals surface area (Å²) >= 11 is 0. The first-order valence-corrected chi connectivity index (χ1v) is 16.5. The van der Waals surface area contributed by atoms with E-state index in [1.54, 1.807) is 0 Å². The van der Waals surface area contributed by atoms with Crippen molar-refractivity contribution in [1.82, 2.24) is 9.13 Å². The zero-order valence-corrected chi connectivity index (χ0v) is 26.2. The Morgan fingerprint density at radius 3 is 1.21 bits per heavy atom. The molecular formula is C46H30N2. The van der Waals surface area contributed by atoms with E-state index in [4.69, 9.17) is 0 Å². The van der Waals surface area contributed by atoms with Crippen molar-refractivity contribution < 1.29 is 0 Å². The minimum absolute atomic E-state index is 1.17. The van der Waals surface area contributed by atoms with Crippen LogP contribution >= 0.6 is 0 Å². The van der Waals surface area contributed by atoms with Gasteiger partial charge < -0.3 is 9.13 Å². The van der Waals surface area contributed by atoms with E-state index in [9.17, 15) is 0 Å². The molecule has 224 valence electrons. The summed E-state index contributed by atoms with van der Waals surface area (Å²) < 4.78 is 4.77. The number of aromatic nitrogens is 2. The van der Waals surface area contributed by atoms with E-state index < -0.39 is 0 Å². The van der Waals surface area contributed by atoms with Gasteiger partial charge in [-0.25, -0.2) is 0 Å². The topological polar surface area (TPSA) is 9.86 Å². The maximum absolute atomic E-state index is 2.40. The Bertz CT molecular complexity index is 2820. The van der Waals surface area contributed by atoms with E-state index >= 15 is 0 Å². The van der Waals surface area contributed by atoms with Gasteiger partial charge in [0.05, 0.1) is 22.1 Å². The first-order chi connectivity index (χ1) is 23.8. The molecular weight excluding hydrogens is 581 g/mol. The summed E-state index contributed by atoms with van der Waals surface area (Å²) in [5, 5.41) is 7.55. The number of benzene rings is 8. The third kappa shape index (κ3) is 4.13. The Hall–Kier alpha value is -6.38. The van der Waals surface area contributed by atoms with Gasteiger partial charge in [0, 0.05) is 32.9 Å². The number of para-hydroxylation sites is 3. The summed E-state index contributed by atoms with van der Waals surface area (Å²) in [7, 11) is 0. The van der Waals surface area contributed by atoms with Crippen molar-refractivity contribution in [2.45, 2.75) is 0 Å². The van der Waals surface area contributed by atoms with Gasteiger partial charge in [-0.15, -0.1) is 0 Å². The molecule has 0 aliphatic carbocycles. The molecule has 0 amide bonds. The van der Waals surface area contributed by atoms with Crippen molar-refractivity contribution in [3.63, 3.8) is 0 Å². The number of fused-ring (bicyclic) bond motifs is 7. The second-order valence-electron chi connectivity index (χ2n) is 12.6. The molecule has 0 N–H and O–H groups in total. The number of hydrogen-bond donors (Lipinski definition) is 0. The fraction of sp³-hybridized carbons (Fsp3) is 0. The molecule has 0 unspecified atom stereocenters. The second kappa shape index (κ2) is 10.6. The molecule has 0 aliphatic rings. The lowest BCUT2D eigenvalue weighted by Gasteiger charge is -2.09. The fourth-order valence-electron chi connectivity index (χ4n) is 7.61. The van der Waals surface area contributed by atoms with Crippen molar-refractivity contribution in [3.05, 3.63) is 182 Å². The third-order valence-electron chi connectivity index (χ3n) is 9.88. The van der Waals surface area contributed by atoms with Gasteiger partial charge in [-0.3, -0.25) is 0 Å². The van der Waals surface area contributed by atoms with Gasteiger partial charge >= 0.3 is 0 Å². The fourth-order valence-corrected chi connectivity index (χ4v) is 7.61. The maximum Gasteiger partial charge on any atom is 0.0541 e. The van der Waals surface area contributed by atoms with Gasteiger partial charge in [-0.1, -0.05) is 109 Å². The largest absolute Gasteiger partial charge is 0.309 e. The maximum atomic E-state index is 2.40. The van der Waals surface area contributed by atoms with E-state index in [2.05, 4.69) is 191 Å². The predicted octanol–water partition coefficient (Wildman–Crippen LogP) is 12.4. The number of rotatable bonds is 4.